The number of thioether (sulfide) groups is 1. The first-order chi connectivity index (χ1) is 10.7. The molecule has 0 bridgehead atoms. The summed E-state index contributed by atoms with van der Waals surface area (Å²) in [4.78, 5) is 20.1. The lowest BCUT2D eigenvalue weighted by atomic mass is 9.92. The molecule has 2 fully saturated rings. The zero-order valence-electron chi connectivity index (χ0n) is 12.9. The summed E-state index contributed by atoms with van der Waals surface area (Å²) < 4.78 is 11.4. The van der Waals surface area contributed by atoms with E-state index in [-0.39, 0.29) is 11.5 Å². The Morgan fingerprint density at radius 1 is 1.41 bits per heavy atom. The molecule has 2 saturated heterocycles. The van der Waals surface area contributed by atoms with Gasteiger partial charge in [0.2, 0.25) is 0 Å². The first-order valence-electron chi connectivity index (χ1n) is 7.83. The molecule has 2 aliphatic heterocycles. The van der Waals surface area contributed by atoms with Crippen LogP contribution in [-0.4, -0.2) is 60.1 Å². The Balaban J connectivity index is 1.77. The van der Waals surface area contributed by atoms with Crippen LogP contribution >= 0.6 is 11.8 Å². The van der Waals surface area contributed by atoms with Crippen molar-refractivity contribution in [2.24, 2.45) is 0 Å². The van der Waals surface area contributed by atoms with Crippen LogP contribution in [0.2, 0.25) is 0 Å². The third-order valence-corrected chi connectivity index (χ3v) is 5.14. The number of carbonyl (C=O) groups is 1. The molecule has 6 heteroatoms. The Morgan fingerprint density at radius 2 is 2.23 bits per heavy atom. The van der Waals surface area contributed by atoms with E-state index in [1.54, 1.807) is 18.0 Å². The highest BCUT2D eigenvalue weighted by molar-refractivity contribution is 7.99. The van der Waals surface area contributed by atoms with E-state index < -0.39 is 0 Å². The van der Waals surface area contributed by atoms with E-state index in [9.17, 15) is 4.79 Å². The van der Waals surface area contributed by atoms with Crippen molar-refractivity contribution in [3.63, 3.8) is 0 Å². The van der Waals surface area contributed by atoms with Gasteiger partial charge < -0.3 is 14.4 Å². The van der Waals surface area contributed by atoms with Gasteiger partial charge in [-0.25, -0.2) is 4.98 Å². The number of nitrogens with zero attached hydrogens (tertiary/aromatic N) is 2. The van der Waals surface area contributed by atoms with E-state index in [0.717, 1.165) is 23.5 Å². The largest absolute Gasteiger partial charge is 0.381 e. The average Bonchev–Trinajstić information content (AvgIpc) is 2.56. The molecule has 2 aliphatic rings. The van der Waals surface area contributed by atoms with Crippen molar-refractivity contribution in [3.05, 3.63) is 24.0 Å². The summed E-state index contributed by atoms with van der Waals surface area (Å²) in [5, 5.41) is 0. The smallest absolute Gasteiger partial charge is 0.273 e. The summed E-state index contributed by atoms with van der Waals surface area (Å²) in [7, 11) is 0. The molecule has 120 valence electrons. The van der Waals surface area contributed by atoms with Crippen LogP contribution in [0.5, 0.6) is 0 Å². The standard InChI is InChI=1S/C16H22N2O3S/c1-2-22-13-4-3-7-17-14(13)15(19)18-8-11-21-16(12-18)5-9-20-10-6-16/h3-4,7H,2,5-6,8-12H2,1H3. The average molecular weight is 322 g/mol. The van der Waals surface area contributed by atoms with Crippen molar-refractivity contribution in [1.29, 1.82) is 0 Å². The molecule has 3 heterocycles. The maximum atomic E-state index is 12.9. The van der Waals surface area contributed by atoms with Crippen molar-refractivity contribution in [2.75, 3.05) is 38.7 Å². The minimum Gasteiger partial charge on any atom is -0.381 e. The zero-order valence-corrected chi connectivity index (χ0v) is 13.7. The van der Waals surface area contributed by atoms with Gasteiger partial charge in [0.1, 0.15) is 5.69 Å². The van der Waals surface area contributed by atoms with E-state index in [2.05, 4.69) is 11.9 Å². The topological polar surface area (TPSA) is 51.7 Å². The van der Waals surface area contributed by atoms with E-state index in [4.69, 9.17) is 9.47 Å². The predicted octanol–water partition coefficient (Wildman–Crippen LogP) is 2.22. The van der Waals surface area contributed by atoms with Gasteiger partial charge in [-0.2, -0.15) is 0 Å². The van der Waals surface area contributed by atoms with Gasteiger partial charge in [0, 0.05) is 43.7 Å². The lowest BCUT2D eigenvalue weighted by Crippen LogP contribution is -2.56. The van der Waals surface area contributed by atoms with Crippen LogP contribution in [0.4, 0.5) is 0 Å². The molecule has 0 aromatic carbocycles. The molecular formula is C16H22N2O3S. The molecule has 3 rings (SSSR count). The normalized spacial score (nSPS) is 21.0. The van der Waals surface area contributed by atoms with Crippen molar-refractivity contribution in [3.8, 4) is 0 Å². The van der Waals surface area contributed by atoms with E-state index in [1.165, 1.54) is 0 Å². The van der Waals surface area contributed by atoms with Crippen molar-refractivity contribution < 1.29 is 14.3 Å². The Labute approximate surface area is 135 Å². The molecular weight excluding hydrogens is 300 g/mol. The molecule has 22 heavy (non-hydrogen) atoms. The van der Waals surface area contributed by atoms with Crippen molar-refractivity contribution >= 4 is 17.7 Å². The van der Waals surface area contributed by atoms with Gasteiger partial charge in [0.05, 0.1) is 18.8 Å². The van der Waals surface area contributed by atoms with Crippen molar-refractivity contribution in [2.45, 2.75) is 30.3 Å². The molecule has 0 radical (unpaired) electrons. The highest BCUT2D eigenvalue weighted by Gasteiger charge is 2.40. The van der Waals surface area contributed by atoms with Crippen molar-refractivity contribution in [1.82, 2.24) is 9.88 Å². The van der Waals surface area contributed by atoms with Crippen LogP contribution in [0, 0.1) is 0 Å². The lowest BCUT2D eigenvalue weighted by Gasteiger charge is -2.44. The fourth-order valence-corrected chi connectivity index (χ4v) is 3.80. The molecule has 0 saturated carbocycles. The molecule has 1 aromatic rings. The molecule has 0 atom stereocenters. The number of morpholine rings is 1. The second-order valence-corrected chi connectivity index (χ2v) is 6.96. The summed E-state index contributed by atoms with van der Waals surface area (Å²) in [6, 6.07) is 3.85. The molecule has 1 aromatic heterocycles. The minimum atomic E-state index is -0.223. The second-order valence-electron chi connectivity index (χ2n) is 5.65. The van der Waals surface area contributed by atoms with Gasteiger partial charge in [-0.3, -0.25) is 4.79 Å². The van der Waals surface area contributed by atoms with Crippen LogP contribution in [0.25, 0.3) is 0 Å². The Morgan fingerprint density at radius 3 is 3.00 bits per heavy atom. The molecule has 0 N–H and O–H groups in total. The first-order valence-corrected chi connectivity index (χ1v) is 8.81. The van der Waals surface area contributed by atoms with Gasteiger partial charge in [0.15, 0.2) is 0 Å². The van der Waals surface area contributed by atoms with Crippen LogP contribution in [-0.2, 0) is 9.47 Å². The SMILES string of the molecule is CCSc1cccnc1C(=O)N1CCOC2(CCOCC2)C1. The summed E-state index contributed by atoms with van der Waals surface area (Å²) in [6.07, 6.45) is 3.41. The summed E-state index contributed by atoms with van der Waals surface area (Å²) in [6.45, 7) is 5.37. The molecule has 0 unspecified atom stereocenters. The number of rotatable bonds is 3. The fourth-order valence-electron chi connectivity index (χ4n) is 3.04. The molecule has 1 spiro atoms. The van der Waals surface area contributed by atoms with Crippen LogP contribution in [0.15, 0.2) is 23.2 Å². The quantitative estimate of drug-likeness (QED) is 0.799. The number of amides is 1. The van der Waals surface area contributed by atoms with Gasteiger partial charge in [-0.15, -0.1) is 11.8 Å². The van der Waals surface area contributed by atoms with Crippen LogP contribution in [0.3, 0.4) is 0 Å². The number of ether oxygens (including phenoxy) is 2. The lowest BCUT2D eigenvalue weighted by molar-refractivity contribution is -0.146. The third-order valence-electron chi connectivity index (χ3n) is 4.21. The number of hydrogen-bond donors (Lipinski definition) is 0. The summed E-state index contributed by atoms with van der Waals surface area (Å²) in [5.74, 6) is 0.946. The Bertz CT molecular complexity index is 526. The van der Waals surface area contributed by atoms with E-state index >= 15 is 0 Å². The second kappa shape index (κ2) is 6.98. The van der Waals surface area contributed by atoms with E-state index in [0.29, 0.717) is 38.6 Å². The third kappa shape index (κ3) is 3.29. The summed E-state index contributed by atoms with van der Waals surface area (Å²) >= 11 is 1.66. The van der Waals surface area contributed by atoms with Crippen LogP contribution < -0.4 is 0 Å². The Kier molecular flexibility index (Phi) is 5.00. The van der Waals surface area contributed by atoms with Gasteiger partial charge in [0.25, 0.3) is 5.91 Å². The zero-order chi connectivity index (χ0) is 15.4. The number of carbonyl (C=O) groups excluding carboxylic acids is 1. The van der Waals surface area contributed by atoms with Crippen LogP contribution in [0.1, 0.15) is 30.3 Å². The van der Waals surface area contributed by atoms with Gasteiger partial charge in [-0.1, -0.05) is 6.92 Å². The van der Waals surface area contributed by atoms with Gasteiger partial charge in [-0.05, 0) is 17.9 Å². The molecule has 1 amide bonds. The number of aromatic nitrogens is 1. The number of pyridine rings is 1. The summed E-state index contributed by atoms with van der Waals surface area (Å²) in [5.41, 5.74) is 0.345. The molecule has 0 aliphatic carbocycles. The van der Waals surface area contributed by atoms with Gasteiger partial charge >= 0.3 is 0 Å². The monoisotopic (exact) mass is 322 g/mol. The minimum absolute atomic E-state index is 0.0192. The highest BCUT2D eigenvalue weighted by Crippen LogP contribution is 2.30. The number of hydrogen-bond acceptors (Lipinski definition) is 5. The fraction of sp³-hybridized carbons (Fsp3) is 0.625. The maximum Gasteiger partial charge on any atom is 0.273 e. The first kappa shape index (κ1) is 15.8. The molecule has 5 nitrogen and oxygen atoms in total. The Hall–Kier alpha value is -1.11. The van der Waals surface area contributed by atoms with E-state index in [1.807, 2.05) is 17.0 Å². The predicted molar refractivity (Wildman–Crippen MR) is 85.3 cm³/mol. The maximum absolute atomic E-state index is 12.9. The highest BCUT2D eigenvalue weighted by atomic mass is 32.2.